The molecule has 0 saturated heterocycles. The summed E-state index contributed by atoms with van der Waals surface area (Å²) in [6.07, 6.45) is 3.80. The molecule has 0 amide bonds. The van der Waals surface area contributed by atoms with Crippen LogP contribution in [0.4, 0.5) is 0 Å². The third-order valence-electron chi connectivity index (χ3n) is 4.27. The number of carboxylic acid groups (broad SMARTS) is 1. The maximum absolute atomic E-state index is 11.7. The van der Waals surface area contributed by atoms with Crippen LogP contribution in [0.2, 0.25) is 0 Å². The van der Waals surface area contributed by atoms with Crippen LogP contribution in [0.3, 0.4) is 0 Å². The number of rotatable bonds is 3. The van der Waals surface area contributed by atoms with Crippen molar-refractivity contribution in [2.45, 2.75) is 46.0 Å². The summed E-state index contributed by atoms with van der Waals surface area (Å²) in [5.74, 6) is 0.537. The van der Waals surface area contributed by atoms with Crippen molar-refractivity contribution < 1.29 is 9.90 Å². The monoisotopic (exact) mass is 274 g/mol. The number of aliphatic carboxylic acids is 1. The van der Waals surface area contributed by atoms with Crippen molar-refractivity contribution in [2.75, 3.05) is 0 Å². The quantitative estimate of drug-likeness (QED) is 0.925. The van der Waals surface area contributed by atoms with E-state index < -0.39 is 11.4 Å². The molecular formula is C14H18N4O2. The van der Waals surface area contributed by atoms with Crippen LogP contribution in [-0.4, -0.2) is 30.7 Å². The van der Waals surface area contributed by atoms with Gasteiger partial charge in [0.05, 0.1) is 5.41 Å². The molecule has 1 aliphatic carbocycles. The van der Waals surface area contributed by atoms with E-state index >= 15 is 0 Å². The summed E-state index contributed by atoms with van der Waals surface area (Å²) in [4.78, 5) is 16.0. The van der Waals surface area contributed by atoms with Gasteiger partial charge in [-0.3, -0.25) is 9.20 Å². The fourth-order valence-electron chi connectivity index (χ4n) is 3.23. The van der Waals surface area contributed by atoms with E-state index in [-0.39, 0.29) is 0 Å². The first kappa shape index (κ1) is 13.0. The number of hydrogen-bond donors (Lipinski definition) is 1. The number of hydrogen-bond acceptors (Lipinski definition) is 4. The van der Waals surface area contributed by atoms with Gasteiger partial charge < -0.3 is 5.11 Å². The predicted molar refractivity (Wildman–Crippen MR) is 72.5 cm³/mol. The van der Waals surface area contributed by atoms with Gasteiger partial charge in [0.15, 0.2) is 0 Å². The highest BCUT2D eigenvalue weighted by Gasteiger charge is 2.42. The number of aryl methyl sites for hydroxylation is 2. The first-order valence-electron chi connectivity index (χ1n) is 6.93. The second-order valence-electron chi connectivity index (χ2n) is 5.76. The molecule has 1 saturated carbocycles. The molecule has 1 aliphatic rings. The maximum Gasteiger partial charge on any atom is 0.310 e. The van der Waals surface area contributed by atoms with Gasteiger partial charge in [-0.2, -0.15) is 0 Å². The molecule has 0 aliphatic heterocycles. The third kappa shape index (κ3) is 1.95. The van der Waals surface area contributed by atoms with E-state index in [0.29, 0.717) is 18.0 Å². The number of carboxylic acids is 1. The summed E-state index contributed by atoms with van der Waals surface area (Å²) in [7, 11) is 0. The van der Waals surface area contributed by atoms with Gasteiger partial charge in [-0.1, -0.05) is 12.8 Å². The summed E-state index contributed by atoms with van der Waals surface area (Å²) in [5, 5.41) is 17.8. The van der Waals surface area contributed by atoms with Crippen molar-refractivity contribution in [3.63, 3.8) is 0 Å². The van der Waals surface area contributed by atoms with Crippen LogP contribution in [0.15, 0.2) is 6.07 Å². The summed E-state index contributed by atoms with van der Waals surface area (Å²) in [6, 6.07) is 1.96. The van der Waals surface area contributed by atoms with Crippen molar-refractivity contribution in [1.29, 1.82) is 0 Å². The van der Waals surface area contributed by atoms with Crippen molar-refractivity contribution in [3.8, 4) is 0 Å². The van der Waals surface area contributed by atoms with E-state index in [1.807, 2.05) is 24.3 Å². The van der Waals surface area contributed by atoms with Crippen LogP contribution in [0.5, 0.6) is 0 Å². The Bertz CT molecular complexity index is 671. The second-order valence-corrected chi connectivity index (χ2v) is 5.76. The zero-order valence-electron chi connectivity index (χ0n) is 11.8. The maximum atomic E-state index is 11.7. The Kier molecular flexibility index (Phi) is 2.96. The Morgan fingerprint density at radius 1 is 1.35 bits per heavy atom. The molecule has 2 aromatic rings. The van der Waals surface area contributed by atoms with Crippen molar-refractivity contribution in [3.05, 3.63) is 23.3 Å². The molecule has 0 radical (unpaired) electrons. The average molecular weight is 274 g/mol. The van der Waals surface area contributed by atoms with E-state index in [0.717, 1.165) is 37.1 Å². The lowest BCUT2D eigenvalue weighted by molar-refractivity contribution is -0.148. The van der Waals surface area contributed by atoms with Crippen molar-refractivity contribution >= 4 is 11.7 Å². The van der Waals surface area contributed by atoms with Gasteiger partial charge in [0.25, 0.3) is 5.78 Å². The summed E-state index contributed by atoms with van der Waals surface area (Å²) >= 11 is 0. The first-order valence-corrected chi connectivity index (χ1v) is 6.93. The van der Waals surface area contributed by atoms with Gasteiger partial charge in [0, 0.05) is 17.8 Å². The normalized spacial score (nSPS) is 17.7. The second kappa shape index (κ2) is 4.54. The van der Waals surface area contributed by atoms with Gasteiger partial charge in [0.1, 0.15) is 5.82 Å². The molecule has 0 unspecified atom stereocenters. The summed E-state index contributed by atoms with van der Waals surface area (Å²) in [5.41, 5.74) is 1.20. The van der Waals surface area contributed by atoms with Crippen LogP contribution < -0.4 is 0 Å². The molecular weight excluding hydrogens is 256 g/mol. The first-order chi connectivity index (χ1) is 9.52. The van der Waals surface area contributed by atoms with Gasteiger partial charge in [-0.25, -0.2) is 4.98 Å². The molecule has 0 spiro atoms. The van der Waals surface area contributed by atoms with E-state index in [4.69, 9.17) is 0 Å². The van der Waals surface area contributed by atoms with E-state index in [9.17, 15) is 9.90 Å². The number of nitrogens with zero attached hydrogens (tertiary/aromatic N) is 4. The van der Waals surface area contributed by atoms with E-state index in [1.165, 1.54) is 0 Å². The minimum absolute atomic E-state index is 0.426. The molecule has 20 heavy (non-hydrogen) atoms. The van der Waals surface area contributed by atoms with Crippen LogP contribution in [0.1, 0.15) is 42.9 Å². The Labute approximate surface area is 116 Å². The standard InChI is InChI=1S/C14H18N4O2/c1-9-7-10(2)18-11(16-17-13(18)15-9)8-14(12(19)20)5-3-4-6-14/h7H,3-6,8H2,1-2H3,(H,19,20). The zero-order valence-corrected chi connectivity index (χ0v) is 11.8. The van der Waals surface area contributed by atoms with Gasteiger partial charge in [-0.15, -0.1) is 10.2 Å². The molecule has 2 heterocycles. The molecule has 6 heteroatoms. The molecule has 1 N–H and O–H groups in total. The fraction of sp³-hybridized carbons (Fsp3) is 0.571. The third-order valence-corrected chi connectivity index (χ3v) is 4.27. The highest BCUT2D eigenvalue weighted by molar-refractivity contribution is 5.75. The molecule has 0 bridgehead atoms. The minimum atomic E-state index is -0.718. The lowest BCUT2D eigenvalue weighted by Crippen LogP contribution is -2.31. The molecule has 106 valence electrons. The Balaban J connectivity index is 2.05. The van der Waals surface area contributed by atoms with Crippen LogP contribution in [0.25, 0.3) is 5.78 Å². The van der Waals surface area contributed by atoms with Crippen LogP contribution in [0, 0.1) is 19.3 Å². The van der Waals surface area contributed by atoms with Crippen LogP contribution in [-0.2, 0) is 11.2 Å². The Morgan fingerprint density at radius 2 is 2.05 bits per heavy atom. The van der Waals surface area contributed by atoms with Crippen LogP contribution >= 0.6 is 0 Å². The number of carbonyl (C=O) groups is 1. The average Bonchev–Trinajstić information content (AvgIpc) is 2.98. The molecule has 6 nitrogen and oxygen atoms in total. The highest BCUT2D eigenvalue weighted by Crippen LogP contribution is 2.41. The Hall–Kier alpha value is -1.98. The van der Waals surface area contributed by atoms with Crippen molar-refractivity contribution in [1.82, 2.24) is 19.6 Å². The summed E-state index contributed by atoms with van der Waals surface area (Å²) < 4.78 is 1.87. The zero-order chi connectivity index (χ0) is 14.3. The van der Waals surface area contributed by atoms with E-state index in [2.05, 4.69) is 15.2 Å². The smallest absolute Gasteiger partial charge is 0.310 e. The highest BCUT2D eigenvalue weighted by atomic mass is 16.4. The lowest BCUT2D eigenvalue weighted by atomic mass is 9.82. The largest absolute Gasteiger partial charge is 0.481 e. The van der Waals surface area contributed by atoms with Crippen molar-refractivity contribution in [2.24, 2.45) is 5.41 Å². The lowest BCUT2D eigenvalue weighted by Gasteiger charge is -2.22. The SMILES string of the molecule is Cc1cc(C)n2c(CC3(C(=O)O)CCCC3)nnc2n1. The molecule has 3 rings (SSSR count). The Morgan fingerprint density at radius 3 is 2.70 bits per heavy atom. The van der Waals surface area contributed by atoms with E-state index in [1.54, 1.807) is 0 Å². The fourth-order valence-corrected chi connectivity index (χ4v) is 3.23. The molecule has 0 atom stereocenters. The van der Waals surface area contributed by atoms with Gasteiger partial charge >= 0.3 is 5.97 Å². The predicted octanol–water partition coefficient (Wildman–Crippen LogP) is 1.93. The molecule has 2 aromatic heterocycles. The topological polar surface area (TPSA) is 80.4 Å². The van der Waals surface area contributed by atoms with Gasteiger partial charge in [-0.05, 0) is 32.8 Å². The summed E-state index contributed by atoms with van der Waals surface area (Å²) in [6.45, 7) is 3.88. The molecule has 1 fully saturated rings. The number of aromatic nitrogens is 4. The van der Waals surface area contributed by atoms with Gasteiger partial charge in [0.2, 0.25) is 0 Å². The number of fused-ring (bicyclic) bond motifs is 1. The minimum Gasteiger partial charge on any atom is -0.481 e. The molecule has 0 aromatic carbocycles.